The molecule has 4 aromatic rings. The molecule has 0 spiro atoms. The molecule has 1 aliphatic rings. The maximum atomic E-state index is 6.06. The second-order valence-corrected chi connectivity index (χ2v) is 8.47. The fourth-order valence-electron chi connectivity index (χ4n) is 4.44. The van der Waals surface area contributed by atoms with Crippen molar-refractivity contribution in [2.45, 2.75) is 19.1 Å². The van der Waals surface area contributed by atoms with Crippen LogP contribution >= 0.6 is 0 Å². The quantitative estimate of drug-likeness (QED) is 0.441. The predicted octanol–water partition coefficient (Wildman–Crippen LogP) is 4.11. The smallest absolute Gasteiger partial charge is 0.119 e. The highest BCUT2D eigenvalue weighted by molar-refractivity contribution is 5.83. The Morgan fingerprint density at radius 1 is 1.12 bits per heavy atom. The summed E-state index contributed by atoms with van der Waals surface area (Å²) in [6.07, 6.45) is 2.97. The van der Waals surface area contributed by atoms with Crippen LogP contribution in [0.2, 0.25) is 0 Å². The third-order valence-electron chi connectivity index (χ3n) is 6.20. The Balaban J connectivity index is 1.17. The molecule has 5 rings (SSSR count). The molecule has 1 saturated heterocycles. The second-order valence-electron chi connectivity index (χ2n) is 8.47. The van der Waals surface area contributed by atoms with E-state index in [4.69, 9.17) is 14.2 Å². The fourth-order valence-corrected chi connectivity index (χ4v) is 4.44. The van der Waals surface area contributed by atoms with Gasteiger partial charge in [-0.15, -0.1) is 0 Å². The van der Waals surface area contributed by atoms with Crippen molar-refractivity contribution in [3.05, 3.63) is 77.7 Å². The van der Waals surface area contributed by atoms with E-state index < -0.39 is 0 Å². The van der Waals surface area contributed by atoms with E-state index in [-0.39, 0.29) is 6.10 Å². The summed E-state index contributed by atoms with van der Waals surface area (Å²) in [7, 11) is 3.77. The molecule has 2 aromatic carbocycles. The van der Waals surface area contributed by atoms with E-state index in [1.165, 1.54) is 16.5 Å². The Kier molecular flexibility index (Phi) is 6.32. The predicted molar refractivity (Wildman–Crippen MR) is 128 cm³/mol. The lowest BCUT2D eigenvalue weighted by molar-refractivity contribution is -0.0349. The Morgan fingerprint density at radius 2 is 1.94 bits per heavy atom. The van der Waals surface area contributed by atoms with E-state index in [0.717, 1.165) is 48.9 Å². The lowest BCUT2D eigenvalue weighted by Crippen LogP contribution is -2.37. The SMILES string of the molecule is COc1ccc(OCCc2cc([C@H]3CN(Cc4cn(C)c5ccccc45)CCO3)n[nH]2)cc1. The van der Waals surface area contributed by atoms with Crippen molar-refractivity contribution in [3.63, 3.8) is 0 Å². The summed E-state index contributed by atoms with van der Waals surface area (Å²) >= 11 is 0. The number of ether oxygens (including phenoxy) is 3. The van der Waals surface area contributed by atoms with Crippen LogP contribution in [0.5, 0.6) is 11.5 Å². The van der Waals surface area contributed by atoms with Crippen molar-refractivity contribution in [2.24, 2.45) is 7.05 Å². The molecule has 0 bridgehead atoms. The second kappa shape index (κ2) is 9.68. The van der Waals surface area contributed by atoms with Crippen molar-refractivity contribution < 1.29 is 14.2 Å². The average molecular weight is 447 g/mol. The van der Waals surface area contributed by atoms with Crippen LogP contribution in [0.15, 0.2) is 60.8 Å². The molecule has 2 aromatic heterocycles. The minimum Gasteiger partial charge on any atom is -0.497 e. The van der Waals surface area contributed by atoms with Gasteiger partial charge in [-0.2, -0.15) is 5.10 Å². The van der Waals surface area contributed by atoms with Crippen molar-refractivity contribution >= 4 is 10.9 Å². The summed E-state index contributed by atoms with van der Waals surface area (Å²) < 4.78 is 19.3. The van der Waals surface area contributed by atoms with Crippen molar-refractivity contribution in [1.29, 1.82) is 0 Å². The van der Waals surface area contributed by atoms with Crippen LogP contribution < -0.4 is 9.47 Å². The minimum absolute atomic E-state index is 0.0266. The van der Waals surface area contributed by atoms with Gasteiger partial charge in [-0.25, -0.2) is 0 Å². The Labute approximate surface area is 193 Å². The summed E-state index contributed by atoms with van der Waals surface area (Å²) in [5.41, 5.74) is 4.63. The first kappa shape index (κ1) is 21.6. The summed E-state index contributed by atoms with van der Waals surface area (Å²) in [5, 5.41) is 9.00. The monoisotopic (exact) mass is 446 g/mol. The number of hydrogen-bond donors (Lipinski definition) is 1. The van der Waals surface area contributed by atoms with Gasteiger partial charge in [0.1, 0.15) is 17.6 Å². The summed E-state index contributed by atoms with van der Waals surface area (Å²) in [6, 6.07) is 18.3. The number of aromatic amines is 1. The molecule has 33 heavy (non-hydrogen) atoms. The van der Waals surface area contributed by atoms with Gasteiger partial charge in [0.05, 0.1) is 26.0 Å². The van der Waals surface area contributed by atoms with Gasteiger partial charge in [0.25, 0.3) is 0 Å². The molecule has 0 radical (unpaired) electrons. The van der Waals surface area contributed by atoms with E-state index in [9.17, 15) is 0 Å². The largest absolute Gasteiger partial charge is 0.497 e. The Morgan fingerprint density at radius 3 is 2.79 bits per heavy atom. The zero-order chi connectivity index (χ0) is 22.6. The summed E-state index contributed by atoms with van der Waals surface area (Å²) in [6.45, 7) is 3.95. The van der Waals surface area contributed by atoms with Gasteiger partial charge in [0, 0.05) is 55.9 Å². The van der Waals surface area contributed by atoms with Crippen LogP contribution in [0.25, 0.3) is 10.9 Å². The summed E-state index contributed by atoms with van der Waals surface area (Å²) in [5.74, 6) is 1.65. The van der Waals surface area contributed by atoms with Crippen molar-refractivity contribution in [1.82, 2.24) is 19.7 Å². The van der Waals surface area contributed by atoms with Crippen LogP contribution in [0.1, 0.15) is 23.1 Å². The van der Waals surface area contributed by atoms with E-state index >= 15 is 0 Å². The molecular formula is C26H30N4O3. The minimum atomic E-state index is -0.0266. The van der Waals surface area contributed by atoms with E-state index in [0.29, 0.717) is 13.2 Å². The highest BCUT2D eigenvalue weighted by Crippen LogP contribution is 2.26. The van der Waals surface area contributed by atoms with Crippen LogP contribution in [-0.4, -0.2) is 53.1 Å². The van der Waals surface area contributed by atoms with Gasteiger partial charge >= 0.3 is 0 Å². The van der Waals surface area contributed by atoms with Gasteiger partial charge in [-0.05, 0) is 42.0 Å². The van der Waals surface area contributed by atoms with Crippen LogP contribution in [-0.2, 0) is 24.8 Å². The zero-order valence-corrected chi connectivity index (χ0v) is 19.2. The molecule has 0 aliphatic carbocycles. The van der Waals surface area contributed by atoms with Crippen molar-refractivity contribution in [3.8, 4) is 11.5 Å². The summed E-state index contributed by atoms with van der Waals surface area (Å²) in [4.78, 5) is 2.46. The van der Waals surface area contributed by atoms with E-state index in [1.807, 2.05) is 24.3 Å². The number of morpholine rings is 1. The number of nitrogens with one attached hydrogen (secondary N) is 1. The molecule has 1 fully saturated rings. The Bertz CT molecular complexity index is 1200. The molecule has 3 heterocycles. The van der Waals surface area contributed by atoms with Crippen LogP contribution in [0.3, 0.4) is 0 Å². The lowest BCUT2D eigenvalue weighted by atomic mass is 10.1. The maximum Gasteiger partial charge on any atom is 0.119 e. The third-order valence-corrected chi connectivity index (χ3v) is 6.20. The molecule has 1 aliphatic heterocycles. The number of fused-ring (bicyclic) bond motifs is 1. The normalized spacial score (nSPS) is 16.8. The van der Waals surface area contributed by atoms with Crippen molar-refractivity contribution in [2.75, 3.05) is 33.4 Å². The molecule has 1 atom stereocenters. The topological polar surface area (TPSA) is 64.5 Å². The lowest BCUT2D eigenvalue weighted by Gasteiger charge is -2.32. The third kappa shape index (κ3) is 4.89. The standard InChI is InChI=1S/C26H30N4O3/c1-29-16-19(23-5-3-4-6-25(23)29)17-30-12-14-33-26(18-30)24-15-20(27-28-24)11-13-32-22-9-7-21(31-2)8-10-22/h3-10,15-16,26H,11-14,17-18H2,1-2H3,(H,27,28)/t26-/m1/s1. The average Bonchev–Trinajstić information content (AvgIpc) is 3.45. The first-order valence-corrected chi connectivity index (χ1v) is 11.4. The van der Waals surface area contributed by atoms with Gasteiger partial charge in [-0.1, -0.05) is 18.2 Å². The first-order valence-electron chi connectivity index (χ1n) is 11.4. The number of methoxy groups -OCH3 is 1. The number of benzene rings is 2. The number of nitrogens with zero attached hydrogens (tertiary/aromatic N) is 3. The van der Waals surface area contributed by atoms with Gasteiger partial charge in [-0.3, -0.25) is 10.00 Å². The van der Waals surface area contributed by atoms with Gasteiger partial charge in [0.15, 0.2) is 0 Å². The molecule has 0 saturated carbocycles. The maximum absolute atomic E-state index is 6.06. The van der Waals surface area contributed by atoms with E-state index in [2.05, 4.69) is 63.2 Å². The number of aromatic nitrogens is 3. The highest BCUT2D eigenvalue weighted by atomic mass is 16.5. The first-order chi connectivity index (χ1) is 16.2. The number of hydrogen-bond acceptors (Lipinski definition) is 5. The van der Waals surface area contributed by atoms with Gasteiger partial charge < -0.3 is 18.8 Å². The van der Waals surface area contributed by atoms with Crippen LogP contribution in [0.4, 0.5) is 0 Å². The number of H-pyrrole nitrogens is 1. The molecule has 7 heteroatoms. The molecule has 7 nitrogen and oxygen atoms in total. The molecule has 0 amide bonds. The Hall–Kier alpha value is -3.29. The molecule has 172 valence electrons. The molecule has 0 unspecified atom stereocenters. The molecular weight excluding hydrogens is 416 g/mol. The zero-order valence-electron chi connectivity index (χ0n) is 19.2. The van der Waals surface area contributed by atoms with Crippen LogP contribution in [0, 0.1) is 0 Å². The molecule has 1 N–H and O–H groups in total. The number of rotatable bonds is 8. The van der Waals surface area contributed by atoms with E-state index in [1.54, 1.807) is 7.11 Å². The van der Waals surface area contributed by atoms with Gasteiger partial charge in [0.2, 0.25) is 0 Å². The fraction of sp³-hybridized carbons (Fsp3) is 0.346. The number of aryl methyl sites for hydroxylation is 1. The number of para-hydroxylation sites is 1. The highest BCUT2D eigenvalue weighted by Gasteiger charge is 2.25.